The normalized spacial score (nSPS) is 10.1. The largest absolute Gasteiger partial charge is 0.338 e. The van der Waals surface area contributed by atoms with Crippen LogP contribution in [-0.4, -0.2) is 4.98 Å². The van der Waals surface area contributed by atoms with Crippen molar-refractivity contribution < 1.29 is 8.78 Å². The molecular formula is C11H10F2N4. The number of halogens is 2. The quantitative estimate of drug-likeness (QED) is 0.565. The zero-order valence-corrected chi connectivity index (χ0v) is 8.74. The second-order valence-corrected chi connectivity index (χ2v) is 3.30. The lowest BCUT2D eigenvalue weighted by atomic mass is 10.3. The second kappa shape index (κ2) is 4.75. The van der Waals surface area contributed by atoms with Gasteiger partial charge in [0.25, 0.3) is 0 Å². The first kappa shape index (κ1) is 11.3. The fourth-order valence-corrected chi connectivity index (χ4v) is 1.31. The molecule has 4 N–H and O–H groups in total. The number of pyridine rings is 1. The minimum atomic E-state index is -0.682. The molecule has 1 aromatic carbocycles. The van der Waals surface area contributed by atoms with Crippen LogP contribution in [0.5, 0.6) is 0 Å². The molecule has 0 aliphatic rings. The van der Waals surface area contributed by atoms with E-state index in [9.17, 15) is 8.78 Å². The van der Waals surface area contributed by atoms with Gasteiger partial charge >= 0.3 is 0 Å². The Morgan fingerprint density at radius 2 is 1.82 bits per heavy atom. The summed E-state index contributed by atoms with van der Waals surface area (Å²) in [6, 6.07) is 8.26. The summed E-state index contributed by atoms with van der Waals surface area (Å²) >= 11 is 0. The summed E-state index contributed by atoms with van der Waals surface area (Å²) in [5.41, 5.74) is 2.52. The predicted octanol–water partition coefficient (Wildman–Crippen LogP) is 2.39. The van der Waals surface area contributed by atoms with Gasteiger partial charge in [-0.05, 0) is 24.3 Å². The number of nitrogen functional groups attached to an aromatic ring is 1. The Hall–Kier alpha value is -2.21. The average Bonchev–Trinajstić information content (AvgIpc) is 2.33. The van der Waals surface area contributed by atoms with Crippen LogP contribution in [0, 0.1) is 11.6 Å². The van der Waals surface area contributed by atoms with Crippen molar-refractivity contribution in [2.45, 2.75) is 0 Å². The lowest BCUT2D eigenvalue weighted by molar-refractivity contribution is 0.586. The lowest BCUT2D eigenvalue weighted by Crippen LogP contribution is -2.09. The van der Waals surface area contributed by atoms with Crippen molar-refractivity contribution in [3.05, 3.63) is 48.0 Å². The number of hydrogen-bond acceptors (Lipinski definition) is 4. The van der Waals surface area contributed by atoms with Gasteiger partial charge in [0.15, 0.2) is 0 Å². The molecule has 88 valence electrons. The van der Waals surface area contributed by atoms with Gasteiger partial charge in [-0.1, -0.05) is 6.07 Å². The summed E-state index contributed by atoms with van der Waals surface area (Å²) in [5, 5.41) is 2.73. The Morgan fingerprint density at radius 3 is 2.53 bits per heavy atom. The van der Waals surface area contributed by atoms with Gasteiger partial charge in [0.1, 0.15) is 23.3 Å². The molecule has 0 aliphatic carbocycles. The zero-order valence-electron chi connectivity index (χ0n) is 8.74. The van der Waals surface area contributed by atoms with Crippen molar-refractivity contribution in [2.75, 3.05) is 10.7 Å². The number of aromatic nitrogens is 1. The molecule has 0 unspecified atom stereocenters. The van der Waals surface area contributed by atoms with Crippen LogP contribution >= 0.6 is 0 Å². The maximum Gasteiger partial charge on any atom is 0.149 e. The number of anilines is 3. The van der Waals surface area contributed by atoms with Crippen LogP contribution in [0.15, 0.2) is 36.4 Å². The van der Waals surface area contributed by atoms with Gasteiger partial charge in [0, 0.05) is 6.07 Å². The van der Waals surface area contributed by atoms with Crippen molar-refractivity contribution in [2.24, 2.45) is 5.84 Å². The fraction of sp³-hybridized carbons (Fsp3) is 0. The van der Waals surface area contributed by atoms with Crippen molar-refractivity contribution in [1.29, 1.82) is 0 Å². The molecule has 0 saturated heterocycles. The summed E-state index contributed by atoms with van der Waals surface area (Å²) in [4.78, 5) is 4.04. The molecule has 0 spiro atoms. The van der Waals surface area contributed by atoms with Crippen molar-refractivity contribution in [3.8, 4) is 0 Å². The highest BCUT2D eigenvalue weighted by Gasteiger charge is 2.04. The SMILES string of the molecule is NNc1cccc(Nc2ccc(F)cc2F)n1. The number of benzene rings is 1. The van der Waals surface area contributed by atoms with Crippen LogP contribution in [0.2, 0.25) is 0 Å². The molecule has 1 aromatic heterocycles. The van der Waals surface area contributed by atoms with E-state index >= 15 is 0 Å². The standard InChI is InChI=1S/C11H10F2N4/c12-7-4-5-9(8(13)6-7)15-10-2-1-3-11(16-10)17-14/h1-6H,14H2,(H2,15,16,17). The van der Waals surface area contributed by atoms with Crippen LogP contribution in [0.4, 0.5) is 26.1 Å². The Bertz CT molecular complexity index is 531. The van der Waals surface area contributed by atoms with Gasteiger partial charge in [-0.3, -0.25) is 0 Å². The predicted molar refractivity (Wildman–Crippen MR) is 61.7 cm³/mol. The van der Waals surface area contributed by atoms with Crippen molar-refractivity contribution in [1.82, 2.24) is 4.98 Å². The number of nitrogens with one attached hydrogen (secondary N) is 2. The third-order valence-corrected chi connectivity index (χ3v) is 2.09. The molecule has 0 atom stereocenters. The molecule has 0 bridgehead atoms. The third kappa shape index (κ3) is 2.67. The Balaban J connectivity index is 2.25. The second-order valence-electron chi connectivity index (χ2n) is 3.30. The van der Waals surface area contributed by atoms with Crippen LogP contribution in [-0.2, 0) is 0 Å². The average molecular weight is 236 g/mol. The molecule has 0 saturated carbocycles. The molecule has 2 rings (SSSR count). The smallest absolute Gasteiger partial charge is 0.149 e. The van der Waals surface area contributed by atoms with E-state index in [1.54, 1.807) is 18.2 Å². The van der Waals surface area contributed by atoms with Gasteiger partial charge < -0.3 is 10.7 Å². The molecule has 6 heteroatoms. The highest BCUT2D eigenvalue weighted by molar-refractivity contribution is 5.58. The minimum absolute atomic E-state index is 0.146. The number of nitrogens with zero attached hydrogens (tertiary/aromatic N) is 1. The fourth-order valence-electron chi connectivity index (χ4n) is 1.31. The molecular weight excluding hydrogens is 226 g/mol. The van der Waals surface area contributed by atoms with E-state index < -0.39 is 11.6 Å². The van der Waals surface area contributed by atoms with Crippen LogP contribution < -0.4 is 16.6 Å². The van der Waals surface area contributed by atoms with E-state index in [-0.39, 0.29) is 5.69 Å². The Kier molecular flexibility index (Phi) is 3.15. The maximum absolute atomic E-state index is 13.3. The van der Waals surface area contributed by atoms with E-state index in [0.29, 0.717) is 11.6 Å². The Morgan fingerprint density at radius 1 is 1.06 bits per heavy atom. The molecule has 0 aliphatic heterocycles. The van der Waals surface area contributed by atoms with E-state index in [1.807, 2.05) is 0 Å². The van der Waals surface area contributed by atoms with E-state index in [1.165, 1.54) is 6.07 Å². The molecule has 0 amide bonds. The lowest BCUT2D eigenvalue weighted by Gasteiger charge is -2.07. The van der Waals surface area contributed by atoms with E-state index in [2.05, 4.69) is 15.7 Å². The molecule has 4 nitrogen and oxygen atoms in total. The van der Waals surface area contributed by atoms with Crippen LogP contribution in [0.3, 0.4) is 0 Å². The summed E-state index contributed by atoms with van der Waals surface area (Å²) in [7, 11) is 0. The first-order valence-electron chi connectivity index (χ1n) is 4.85. The Labute approximate surface area is 96.4 Å². The van der Waals surface area contributed by atoms with Gasteiger partial charge in [-0.15, -0.1) is 0 Å². The molecule has 1 heterocycles. The first-order chi connectivity index (χ1) is 8.19. The van der Waals surface area contributed by atoms with Crippen molar-refractivity contribution in [3.63, 3.8) is 0 Å². The number of hydrazine groups is 1. The zero-order chi connectivity index (χ0) is 12.3. The highest BCUT2D eigenvalue weighted by Crippen LogP contribution is 2.20. The van der Waals surface area contributed by atoms with E-state index in [0.717, 1.165) is 12.1 Å². The number of hydrogen-bond donors (Lipinski definition) is 3. The van der Waals surface area contributed by atoms with Crippen LogP contribution in [0.1, 0.15) is 0 Å². The maximum atomic E-state index is 13.3. The monoisotopic (exact) mass is 236 g/mol. The van der Waals surface area contributed by atoms with E-state index in [4.69, 9.17) is 5.84 Å². The first-order valence-corrected chi connectivity index (χ1v) is 4.85. The van der Waals surface area contributed by atoms with Gasteiger partial charge in [-0.2, -0.15) is 0 Å². The van der Waals surface area contributed by atoms with Gasteiger partial charge in [0.05, 0.1) is 5.69 Å². The molecule has 0 radical (unpaired) electrons. The van der Waals surface area contributed by atoms with Gasteiger partial charge in [0.2, 0.25) is 0 Å². The van der Waals surface area contributed by atoms with Crippen LogP contribution in [0.25, 0.3) is 0 Å². The topological polar surface area (TPSA) is 63.0 Å². The van der Waals surface area contributed by atoms with Crippen molar-refractivity contribution >= 4 is 17.3 Å². The molecule has 0 fully saturated rings. The summed E-state index contributed by atoms with van der Waals surface area (Å²) in [6.07, 6.45) is 0. The highest BCUT2D eigenvalue weighted by atomic mass is 19.1. The summed E-state index contributed by atoms with van der Waals surface area (Å²) in [5.74, 6) is 4.74. The van der Waals surface area contributed by atoms with Gasteiger partial charge in [-0.25, -0.2) is 19.6 Å². The summed E-state index contributed by atoms with van der Waals surface area (Å²) < 4.78 is 26.0. The summed E-state index contributed by atoms with van der Waals surface area (Å²) in [6.45, 7) is 0. The molecule has 17 heavy (non-hydrogen) atoms. The number of rotatable bonds is 3. The number of nitrogens with two attached hydrogens (primary N) is 1. The third-order valence-electron chi connectivity index (χ3n) is 2.09. The molecule has 2 aromatic rings. The minimum Gasteiger partial charge on any atom is -0.338 e.